The molecule has 1 atom stereocenters. The average molecular weight is 145 g/mol. The highest BCUT2D eigenvalue weighted by molar-refractivity contribution is 7.80. The SMILES string of the molecule is NC(C#CCS)C(=O)O. The first-order valence-electron chi connectivity index (χ1n) is 2.26. The summed E-state index contributed by atoms with van der Waals surface area (Å²) in [4.78, 5) is 9.95. The van der Waals surface area contributed by atoms with E-state index in [0.29, 0.717) is 5.75 Å². The van der Waals surface area contributed by atoms with Crippen molar-refractivity contribution in [1.82, 2.24) is 0 Å². The van der Waals surface area contributed by atoms with E-state index in [4.69, 9.17) is 10.8 Å². The quantitative estimate of drug-likeness (QED) is 0.339. The molecule has 0 aromatic rings. The Labute approximate surface area is 58.6 Å². The summed E-state index contributed by atoms with van der Waals surface area (Å²) in [5.41, 5.74) is 5.00. The van der Waals surface area contributed by atoms with Crippen LogP contribution in [0.5, 0.6) is 0 Å². The minimum absolute atomic E-state index is 0.334. The molecule has 0 fully saturated rings. The van der Waals surface area contributed by atoms with Gasteiger partial charge in [0.2, 0.25) is 0 Å². The van der Waals surface area contributed by atoms with Crippen LogP contribution in [0.25, 0.3) is 0 Å². The van der Waals surface area contributed by atoms with Crippen molar-refractivity contribution in [3.05, 3.63) is 0 Å². The Morgan fingerprint density at radius 3 is 2.78 bits per heavy atom. The summed E-state index contributed by atoms with van der Waals surface area (Å²) in [6.07, 6.45) is 0. The molecule has 4 heteroatoms. The highest BCUT2D eigenvalue weighted by Crippen LogP contribution is 1.74. The van der Waals surface area contributed by atoms with Crippen molar-refractivity contribution in [2.45, 2.75) is 6.04 Å². The lowest BCUT2D eigenvalue weighted by Crippen LogP contribution is -2.27. The Bertz CT molecular complexity index is 158. The van der Waals surface area contributed by atoms with Gasteiger partial charge < -0.3 is 10.8 Å². The molecule has 0 rings (SSSR count). The molecule has 0 aromatic heterocycles. The van der Waals surface area contributed by atoms with Crippen molar-refractivity contribution in [3.8, 4) is 11.8 Å². The van der Waals surface area contributed by atoms with Gasteiger partial charge in [-0.25, -0.2) is 4.79 Å². The van der Waals surface area contributed by atoms with Crippen molar-refractivity contribution in [2.24, 2.45) is 5.73 Å². The van der Waals surface area contributed by atoms with Gasteiger partial charge in [0.25, 0.3) is 0 Å². The topological polar surface area (TPSA) is 63.3 Å². The second kappa shape index (κ2) is 4.24. The van der Waals surface area contributed by atoms with Crippen LogP contribution in [0, 0.1) is 11.8 Å². The van der Waals surface area contributed by atoms with Gasteiger partial charge in [0.15, 0.2) is 6.04 Å². The van der Waals surface area contributed by atoms with Crippen LogP contribution in [0.2, 0.25) is 0 Å². The third kappa shape index (κ3) is 3.88. The van der Waals surface area contributed by atoms with E-state index in [1.165, 1.54) is 0 Å². The number of nitrogens with two attached hydrogens (primary N) is 1. The lowest BCUT2D eigenvalue weighted by atomic mass is 10.3. The van der Waals surface area contributed by atoms with Crippen LogP contribution in [0.4, 0.5) is 0 Å². The van der Waals surface area contributed by atoms with Gasteiger partial charge >= 0.3 is 5.97 Å². The summed E-state index contributed by atoms with van der Waals surface area (Å²) in [6, 6.07) is -1.07. The number of carbonyl (C=O) groups is 1. The summed E-state index contributed by atoms with van der Waals surface area (Å²) < 4.78 is 0. The normalized spacial score (nSPS) is 11.3. The highest BCUT2D eigenvalue weighted by atomic mass is 32.1. The smallest absolute Gasteiger partial charge is 0.333 e. The van der Waals surface area contributed by atoms with Crippen LogP contribution in [0.1, 0.15) is 0 Å². The summed E-state index contributed by atoms with van der Waals surface area (Å²) >= 11 is 3.74. The van der Waals surface area contributed by atoms with Crippen LogP contribution >= 0.6 is 12.6 Å². The number of hydrogen-bond acceptors (Lipinski definition) is 3. The minimum atomic E-state index is -1.11. The van der Waals surface area contributed by atoms with Crippen LogP contribution in [0.3, 0.4) is 0 Å². The zero-order valence-electron chi connectivity index (χ0n) is 4.66. The molecule has 50 valence electrons. The Morgan fingerprint density at radius 2 is 2.44 bits per heavy atom. The fourth-order valence-corrected chi connectivity index (χ4v) is 0.309. The third-order valence-corrected chi connectivity index (χ3v) is 0.761. The van der Waals surface area contributed by atoms with E-state index in [1.54, 1.807) is 0 Å². The molecule has 9 heavy (non-hydrogen) atoms. The number of hydrogen-bond donors (Lipinski definition) is 3. The predicted molar refractivity (Wildman–Crippen MR) is 37.2 cm³/mol. The molecule has 0 radical (unpaired) electrons. The molecule has 1 unspecified atom stereocenters. The second-order valence-electron chi connectivity index (χ2n) is 1.30. The monoisotopic (exact) mass is 145 g/mol. The van der Waals surface area contributed by atoms with Gasteiger partial charge in [0.05, 0.1) is 5.75 Å². The maximum absolute atomic E-state index is 9.95. The number of aliphatic carboxylic acids is 1. The maximum Gasteiger partial charge on any atom is 0.333 e. The molecule has 0 spiro atoms. The molecule has 0 aliphatic rings. The van der Waals surface area contributed by atoms with Gasteiger partial charge in [-0.3, -0.25) is 0 Å². The molecule has 0 saturated carbocycles. The van der Waals surface area contributed by atoms with Gasteiger partial charge in [-0.1, -0.05) is 11.8 Å². The van der Waals surface area contributed by atoms with E-state index in [2.05, 4.69) is 24.5 Å². The summed E-state index contributed by atoms with van der Waals surface area (Å²) in [5.74, 6) is 3.95. The summed E-state index contributed by atoms with van der Waals surface area (Å²) in [7, 11) is 0. The fraction of sp³-hybridized carbons (Fsp3) is 0.400. The molecule has 0 aliphatic carbocycles. The first-order valence-corrected chi connectivity index (χ1v) is 2.89. The molecule has 0 heterocycles. The molecular formula is C5H7NO2S. The molecule has 3 nitrogen and oxygen atoms in total. The third-order valence-electron chi connectivity index (χ3n) is 0.603. The van der Waals surface area contributed by atoms with Crippen molar-refractivity contribution >= 4 is 18.6 Å². The van der Waals surface area contributed by atoms with Gasteiger partial charge in [-0.2, -0.15) is 12.6 Å². The number of carboxylic acid groups (broad SMARTS) is 1. The van der Waals surface area contributed by atoms with Crippen LogP contribution in [0.15, 0.2) is 0 Å². The standard InChI is InChI=1S/C5H7NO2S/c6-4(5(7)8)2-1-3-9/h4,9H,3,6H2,(H,7,8). The summed E-state index contributed by atoms with van der Waals surface area (Å²) in [6.45, 7) is 0. The molecule has 0 saturated heterocycles. The fourth-order valence-electron chi connectivity index (χ4n) is 0.217. The largest absolute Gasteiger partial charge is 0.479 e. The Morgan fingerprint density at radius 1 is 1.89 bits per heavy atom. The Balaban J connectivity index is 3.75. The number of thiol groups is 1. The Hall–Kier alpha value is -0.660. The Kier molecular flexibility index (Phi) is 3.93. The molecule has 0 bridgehead atoms. The molecular weight excluding hydrogens is 138 g/mol. The van der Waals surface area contributed by atoms with E-state index in [0.717, 1.165) is 0 Å². The average Bonchev–Trinajstić information content (AvgIpc) is 1.82. The highest BCUT2D eigenvalue weighted by Gasteiger charge is 2.04. The zero-order chi connectivity index (χ0) is 7.28. The number of carboxylic acids is 1. The van der Waals surface area contributed by atoms with E-state index >= 15 is 0 Å². The zero-order valence-corrected chi connectivity index (χ0v) is 5.56. The lowest BCUT2D eigenvalue weighted by molar-refractivity contribution is -0.137. The van der Waals surface area contributed by atoms with E-state index in [1.807, 2.05) is 0 Å². The van der Waals surface area contributed by atoms with Crippen molar-refractivity contribution in [1.29, 1.82) is 0 Å². The van der Waals surface area contributed by atoms with Gasteiger partial charge in [-0.05, 0) is 0 Å². The van der Waals surface area contributed by atoms with Gasteiger partial charge in [0.1, 0.15) is 0 Å². The van der Waals surface area contributed by atoms with E-state index in [-0.39, 0.29) is 0 Å². The molecule has 0 amide bonds. The van der Waals surface area contributed by atoms with Crippen LogP contribution in [-0.2, 0) is 4.79 Å². The first kappa shape index (κ1) is 8.34. The van der Waals surface area contributed by atoms with E-state index < -0.39 is 12.0 Å². The van der Waals surface area contributed by atoms with Crippen molar-refractivity contribution in [2.75, 3.05) is 5.75 Å². The number of rotatable bonds is 1. The van der Waals surface area contributed by atoms with Crippen molar-refractivity contribution in [3.63, 3.8) is 0 Å². The van der Waals surface area contributed by atoms with Gasteiger partial charge in [-0.15, -0.1) is 0 Å². The van der Waals surface area contributed by atoms with E-state index in [9.17, 15) is 4.79 Å². The molecule has 0 aliphatic heterocycles. The lowest BCUT2D eigenvalue weighted by Gasteiger charge is -1.91. The second-order valence-corrected chi connectivity index (χ2v) is 1.61. The summed E-state index contributed by atoms with van der Waals surface area (Å²) in [5, 5.41) is 8.16. The van der Waals surface area contributed by atoms with Crippen LogP contribution in [-0.4, -0.2) is 22.9 Å². The van der Waals surface area contributed by atoms with Gasteiger partial charge in [0, 0.05) is 0 Å². The first-order chi connectivity index (χ1) is 4.18. The molecule has 3 N–H and O–H groups in total. The van der Waals surface area contributed by atoms with Crippen LogP contribution < -0.4 is 5.73 Å². The maximum atomic E-state index is 9.95. The molecule has 0 aromatic carbocycles. The minimum Gasteiger partial charge on any atom is -0.479 e. The van der Waals surface area contributed by atoms with Crippen molar-refractivity contribution < 1.29 is 9.90 Å². The predicted octanol–water partition coefficient (Wildman–Crippen LogP) is -0.669.